The lowest BCUT2D eigenvalue weighted by Gasteiger charge is -1.94. The van der Waals surface area contributed by atoms with Crippen molar-refractivity contribution in [3.8, 4) is 0 Å². The number of hydrogen-bond acceptors (Lipinski definition) is 6. The third kappa shape index (κ3) is 1.26. The van der Waals surface area contributed by atoms with Crippen molar-refractivity contribution in [3.63, 3.8) is 0 Å². The van der Waals surface area contributed by atoms with E-state index in [1.165, 1.54) is 31.3 Å². The van der Waals surface area contributed by atoms with E-state index >= 15 is 0 Å². The average Bonchev–Trinajstić information content (AvgIpc) is 2.38. The summed E-state index contributed by atoms with van der Waals surface area (Å²) in [5.74, 6) is 0. The molecule has 0 aliphatic carbocycles. The maximum absolute atomic E-state index is 11.8. The first-order valence-corrected chi connectivity index (χ1v) is 7.22. The Hall–Kier alpha value is -1.41. The number of nitrogens with one attached hydrogen (secondary N) is 1. The second-order valence-corrected chi connectivity index (χ2v) is 6.98. The maximum Gasteiger partial charge on any atom is 0.275 e. The summed E-state index contributed by atoms with van der Waals surface area (Å²) < 4.78 is 46.5. The van der Waals surface area contributed by atoms with Gasteiger partial charge in [-0.05, 0) is 12.1 Å². The van der Waals surface area contributed by atoms with E-state index in [1.807, 2.05) is 0 Å². The van der Waals surface area contributed by atoms with Gasteiger partial charge in [-0.3, -0.25) is 0 Å². The van der Waals surface area contributed by atoms with Crippen LogP contribution in [-0.2, 0) is 19.7 Å². The Labute approximate surface area is 92.8 Å². The molecule has 0 radical (unpaired) electrons. The van der Waals surface area contributed by atoms with E-state index in [4.69, 9.17) is 0 Å². The zero-order valence-electron chi connectivity index (χ0n) is 8.21. The van der Waals surface area contributed by atoms with Crippen molar-refractivity contribution in [2.75, 3.05) is 7.05 Å². The van der Waals surface area contributed by atoms with E-state index in [0.717, 1.165) is 0 Å². The molecular weight excluding hydrogens is 252 g/mol. The number of sulfone groups is 2. The molecule has 1 heterocycles. The molecule has 1 N–H and O–H groups in total. The van der Waals surface area contributed by atoms with Gasteiger partial charge in [-0.1, -0.05) is 12.1 Å². The van der Waals surface area contributed by atoms with Crippen molar-refractivity contribution in [1.82, 2.24) is 5.43 Å². The lowest BCUT2D eigenvalue weighted by Crippen LogP contribution is -2.19. The van der Waals surface area contributed by atoms with Gasteiger partial charge in [0.1, 0.15) is 0 Å². The van der Waals surface area contributed by atoms with Gasteiger partial charge >= 0.3 is 0 Å². The van der Waals surface area contributed by atoms with Crippen molar-refractivity contribution in [2.45, 2.75) is 9.79 Å². The van der Waals surface area contributed by atoms with Gasteiger partial charge in [0, 0.05) is 7.05 Å². The summed E-state index contributed by atoms with van der Waals surface area (Å²) in [7, 11) is -6.70. The Balaban J connectivity index is 2.93. The van der Waals surface area contributed by atoms with Crippen LogP contribution < -0.4 is 5.43 Å². The zero-order chi connectivity index (χ0) is 12.0. The predicted octanol–water partition coefficient (Wildman–Crippen LogP) is -0.262. The fourth-order valence-corrected chi connectivity index (χ4v) is 5.77. The highest BCUT2D eigenvalue weighted by atomic mass is 32.3. The van der Waals surface area contributed by atoms with Crippen LogP contribution in [0.4, 0.5) is 0 Å². The quantitative estimate of drug-likeness (QED) is 0.702. The molecule has 1 aliphatic heterocycles. The van der Waals surface area contributed by atoms with E-state index < -0.39 is 24.1 Å². The molecule has 16 heavy (non-hydrogen) atoms. The molecule has 1 aromatic rings. The highest BCUT2D eigenvalue weighted by molar-refractivity contribution is 8.33. The molecule has 0 fully saturated rings. The first-order valence-electron chi connectivity index (χ1n) is 4.26. The molecular formula is C8H8N2O4S2. The first kappa shape index (κ1) is 11.1. The molecule has 0 atom stereocenters. The maximum atomic E-state index is 11.8. The minimum Gasteiger partial charge on any atom is -0.311 e. The largest absolute Gasteiger partial charge is 0.311 e. The Kier molecular flexibility index (Phi) is 2.28. The number of hydrazone groups is 1. The molecule has 1 aromatic carbocycles. The molecule has 0 spiro atoms. The molecule has 1 aliphatic rings. The lowest BCUT2D eigenvalue weighted by molar-refractivity contribution is 0.603. The SMILES string of the molecule is CNN=C1S(=O)(=O)c2ccccc2S1(=O)=O. The standard InChI is InChI=1S/C8H8N2O4S2/c1-9-10-8-15(11,12)6-4-2-3-5-7(6)16(8,13)14/h2-5,9H,1H3. The average molecular weight is 260 g/mol. The van der Waals surface area contributed by atoms with Crippen LogP contribution in [0, 0.1) is 0 Å². The fourth-order valence-electron chi connectivity index (χ4n) is 1.44. The van der Waals surface area contributed by atoms with Crippen molar-refractivity contribution < 1.29 is 16.8 Å². The molecule has 86 valence electrons. The molecule has 0 amide bonds. The summed E-state index contributed by atoms with van der Waals surface area (Å²) in [6.07, 6.45) is 0. The van der Waals surface area contributed by atoms with Crippen LogP contribution >= 0.6 is 0 Å². The lowest BCUT2D eigenvalue weighted by atomic mass is 10.4. The van der Waals surface area contributed by atoms with Gasteiger partial charge in [-0.15, -0.1) is 0 Å². The van der Waals surface area contributed by atoms with Gasteiger partial charge in [0.05, 0.1) is 9.79 Å². The molecule has 6 nitrogen and oxygen atoms in total. The molecule has 0 unspecified atom stereocenters. The first-order chi connectivity index (χ1) is 7.42. The van der Waals surface area contributed by atoms with Gasteiger partial charge in [-0.2, -0.15) is 5.10 Å². The summed E-state index contributed by atoms with van der Waals surface area (Å²) in [4.78, 5) is -0.437. The van der Waals surface area contributed by atoms with Crippen LogP contribution in [0.2, 0.25) is 0 Å². The highest BCUT2D eigenvalue weighted by Crippen LogP contribution is 2.33. The van der Waals surface area contributed by atoms with Crippen molar-refractivity contribution in [3.05, 3.63) is 24.3 Å². The molecule has 0 aromatic heterocycles. The highest BCUT2D eigenvalue weighted by Gasteiger charge is 2.46. The summed E-state index contributed by atoms with van der Waals surface area (Å²) in [6, 6.07) is 5.43. The molecule has 2 rings (SSSR count). The summed E-state index contributed by atoms with van der Waals surface area (Å²) in [5, 5.41) is 3.33. The summed E-state index contributed by atoms with van der Waals surface area (Å²) in [5.41, 5.74) is 2.19. The summed E-state index contributed by atoms with van der Waals surface area (Å²) in [6.45, 7) is 0. The van der Waals surface area contributed by atoms with Crippen molar-refractivity contribution in [2.24, 2.45) is 5.10 Å². The second kappa shape index (κ2) is 3.29. The van der Waals surface area contributed by atoms with Crippen LogP contribution in [0.25, 0.3) is 0 Å². The molecule has 0 saturated carbocycles. The van der Waals surface area contributed by atoms with Crippen LogP contribution in [0.5, 0.6) is 0 Å². The molecule has 0 bridgehead atoms. The Bertz CT molecular complexity index is 619. The minimum atomic E-state index is -4.02. The molecule has 8 heteroatoms. The van der Waals surface area contributed by atoms with E-state index in [1.54, 1.807) is 0 Å². The van der Waals surface area contributed by atoms with Crippen molar-refractivity contribution >= 4 is 24.1 Å². The monoisotopic (exact) mass is 260 g/mol. The number of rotatable bonds is 1. The third-order valence-electron chi connectivity index (χ3n) is 2.09. The smallest absolute Gasteiger partial charge is 0.275 e. The predicted molar refractivity (Wildman–Crippen MR) is 57.3 cm³/mol. The number of fused-ring (bicyclic) bond motifs is 1. The fraction of sp³-hybridized carbons (Fsp3) is 0.125. The Morgan fingerprint density at radius 1 is 1.00 bits per heavy atom. The van der Waals surface area contributed by atoms with Crippen LogP contribution in [0.1, 0.15) is 0 Å². The second-order valence-electron chi connectivity index (χ2n) is 3.05. The van der Waals surface area contributed by atoms with E-state index in [2.05, 4.69) is 10.5 Å². The topological polar surface area (TPSA) is 92.7 Å². The number of benzene rings is 1. The number of hydrogen-bond donors (Lipinski definition) is 1. The zero-order valence-corrected chi connectivity index (χ0v) is 9.84. The van der Waals surface area contributed by atoms with Gasteiger partial charge in [0.2, 0.25) is 19.7 Å². The normalized spacial score (nSPS) is 20.2. The van der Waals surface area contributed by atoms with E-state index in [-0.39, 0.29) is 9.79 Å². The Morgan fingerprint density at radius 2 is 1.44 bits per heavy atom. The van der Waals surface area contributed by atoms with Gasteiger partial charge < -0.3 is 5.43 Å². The Morgan fingerprint density at radius 3 is 1.81 bits per heavy atom. The van der Waals surface area contributed by atoms with Gasteiger partial charge in [-0.25, -0.2) is 16.8 Å². The molecule has 0 saturated heterocycles. The van der Waals surface area contributed by atoms with Crippen LogP contribution in [-0.4, -0.2) is 28.3 Å². The van der Waals surface area contributed by atoms with Gasteiger partial charge in [0.15, 0.2) is 0 Å². The van der Waals surface area contributed by atoms with Crippen LogP contribution in [0.3, 0.4) is 0 Å². The minimum absolute atomic E-state index is 0.219. The number of nitrogens with zero attached hydrogens (tertiary/aromatic N) is 1. The van der Waals surface area contributed by atoms with E-state index in [0.29, 0.717) is 0 Å². The summed E-state index contributed by atoms with van der Waals surface area (Å²) >= 11 is 0. The third-order valence-corrected chi connectivity index (χ3v) is 6.51. The van der Waals surface area contributed by atoms with Gasteiger partial charge in [0.25, 0.3) is 4.38 Å². The van der Waals surface area contributed by atoms with Crippen LogP contribution in [0.15, 0.2) is 39.2 Å². The van der Waals surface area contributed by atoms with Crippen molar-refractivity contribution in [1.29, 1.82) is 0 Å². The van der Waals surface area contributed by atoms with E-state index in [9.17, 15) is 16.8 Å².